The van der Waals surface area contributed by atoms with Gasteiger partial charge in [-0.25, -0.2) is 13.2 Å². The number of rotatable bonds is 6. The number of nitrogens with zero attached hydrogens (tertiary/aromatic N) is 2. The number of benzene rings is 3. The van der Waals surface area contributed by atoms with Crippen molar-refractivity contribution in [1.82, 2.24) is 9.88 Å². The predicted molar refractivity (Wildman–Crippen MR) is 141 cm³/mol. The molecule has 3 aromatic carbocycles. The predicted octanol–water partition coefficient (Wildman–Crippen LogP) is 6.46. The van der Waals surface area contributed by atoms with E-state index in [1.165, 1.54) is 36.4 Å². The van der Waals surface area contributed by atoms with E-state index in [0.717, 1.165) is 55.7 Å². The van der Waals surface area contributed by atoms with Crippen LogP contribution in [0.25, 0.3) is 0 Å². The molecule has 1 spiro atoms. The molecule has 0 radical (unpaired) electrons. The molecule has 0 saturated carbocycles. The van der Waals surface area contributed by atoms with E-state index in [2.05, 4.69) is 9.88 Å². The van der Waals surface area contributed by atoms with Gasteiger partial charge in [0.05, 0.1) is 12.2 Å². The molecule has 6 rings (SSSR count). The van der Waals surface area contributed by atoms with Gasteiger partial charge in [0.15, 0.2) is 11.6 Å². The second-order valence-electron chi connectivity index (χ2n) is 10.3. The average Bonchev–Trinajstić information content (AvgIpc) is 3.32. The lowest BCUT2D eigenvalue weighted by atomic mass is 9.79. The Bertz CT molecular complexity index is 1470. The lowest BCUT2D eigenvalue weighted by Crippen LogP contribution is -2.42. The summed E-state index contributed by atoms with van der Waals surface area (Å²) in [5, 5.41) is 0. The first-order valence-corrected chi connectivity index (χ1v) is 13.1. The van der Waals surface area contributed by atoms with Crippen LogP contribution in [0.1, 0.15) is 46.2 Å². The van der Waals surface area contributed by atoms with E-state index in [4.69, 9.17) is 9.47 Å². The Kier molecular flexibility index (Phi) is 6.75. The van der Waals surface area contributed by atoms with Gasteiger partial charge in [0.25, 0.3) is 0 Å². The van der Waals surface area contributed by atoms with E-state index in [1.54, 1.807) is 12.1 Å². The number of hydrogen-bond acceptors (Lipinski definition) is 4. The van der Waals surface area contributed by atoms with Gasteiger partial charge in [-0.15, -0.1) is 0 Å². The third-order valence-corrected chi connectivity index (χ3v) is 8.22. The highest BCUT2D eigenvalue weighted by Crippen LogP contribution is 2.44. The van der Waals surface area contributed by atoms with Crippen molar-refractivity contribution in [3.63, 3.8) is 0 Å². The van der Waals surface area contributed by atoms with E-state index in [0.29, 0.717) is 17.7 Å². The maximum absolute atomic E-state index is 14.3. The minimum atomic E-state index is -1.25. The van der Waals surface area contributed by atoms with Gasteiger partial charge in [0.2, 0.25) is 0 Å². The lowest BCUT2D eigenvalue weighted by Gasteiger charge is -2.39. The van der Waals surface area contributed by atoms with Gasteiger partial charge in [-0.2, -0.15) is 0 Å². The van der Waals surface area contributed by atoms with Crippen LogP contribution in [-0.2, 0) is 33.8 Å². The van der Waals surface area contributed by atoms with Crippen molar-refractivity contribution in [3.05, 3.63) is 136 Å². The van der Waals surface area contributed by atoms with Gasteiger partial charge >= 0.3 is 0 Å². The smallest absolute Gasteiger partial charge is 0.159 e. The Morgan fingerprint density at radius 1 is 0.872 bits per heavy atom. The summed E-state index contributed by atoms with van der Waals surface area (Å²) in [5.74, 6) is -2.31. The molecular formula is C32H29F3N2O2. The molecular weight excluding hydrogens is 501 g/mol. The van der Waals surface area contributed by atoms with Crippen LogP contribution in [0.15, 0.2) is 85.2 Å². The summed E-state index contributed by atoms with van der Waals surface area (Å²) in [6.45, 7) is 3.23. The van der Waals surface area contributed by atoms with Crippen LogP contribution >= 0.6 is 0 Å². The maximum atomic E-state index is 14.3. The third kappa shape index (κ3) is 4.54. The molecule has 1 unspecified atom stereocenters. The highest BCUT2D eigenvalue weighted by Gasteiger charge is 2.43. The van der Waals surface area contributed by atoms with Crippen molar-refractivity contribution < 1.29 is 22.6 Å². The summed E-state index contributed by atoms with van der Waals surface area (Å²) in [6.07, 6.45) is 5.60. The van der Waals surface area contributed by atoms with Crippen LogP contribution in [0.4, 0.5) is 13.2 Å². The molecule has 4 aromatic rings. The van der Waals surface area contributed by atoms with E-state index < -0.39 is 23.1 Å². The molecule has 2 aliphatic heterocycles. The van der Waals surface area contributed by atoms with Crippen molar-refractivity contribution in [3.8, 4) is 0 Å². The molecule has 0 aliphatic carbocycles. The van der Waals surface area contributed by atoms with Crippen LogP contribution in [0.5, 0.6) is 0 Å². The molecule has 1 aromatic heterocycles. The number of likely N-dealkylation sites (tertiary alicyclic amines) is 1. The Labute approximate surface area is 226 Å². The Balaban J connectivity index is 1.25. The van der Waals surface area contributed by atoms with Crippen LogP contribution in [-0.4, -0.2) is 30.1 Å². The fourth-order valence-electron chi connectivity index (χ4n) is 6.10. The van der Waals surface area contributed by atoms with E-state index >= 15 is 0 Å². The van der Waals surface area contributed by atoms with Crippen molar-refractivity contribution in [1.29, 1.82) is 0 Å². The number of pyridine rings is 1. The first kappa shape index (κ1) is 25.7. The Morgan fingerprint density at radius 3 is 2.21 bits per heavy atom. The second-order valence-corrected chi connectivity index (χ2v) is 10.3. The fraction of sp³-hybridized carbons (Fsp3) is 0.281. The van der Waals surface area contributed by atoms with E-state index in [-0.39, 0.29) is 5.60 Å². The van der Waals surface area contributed by atoms with Crippen LogP contribution in [0.2, 0.25) is 0 Å². The second kappa shape index (κ2) is 10.2. The lowest BCUT2D eigenvalue weighted by molar-refractivity contribution is -0.0800. The Hall–Kier alpha value is -3.52. The average molecular weight is 531 g/mol. The molecule has 0 N–H and O–H groups in total. The summed E-state index contributed by atoms with van der Waals surface area (Å²) in [6, 6.07) is 19.6. The molecule has 4 nitrogen and oxygen atoms in total. The number of ether oxygens (including phenoxy) is 2. The number of piperidine rings is 1. The molecule has 0 bridgehead atoms. The van der Waals surface area contributed by atoms with Gasteiger partial charge in [-0.3, -0.25) is 9.88 Å². The van der Waals surface area contributed by atoms with Crippen molar-refractivity contribution >= 4 is 0 Å². The van der Waals surface area contributed by atoms with Crippen LogP contribution in [0, 0.1) is 17.5 Å². The molecule has 1 saturated heterocycles. The molecule has 1 atom stereocenters. The molecule has 7 heteroatoms. The molecule has 2 aliphatic rings. The minimum Gasteiger partial charge on any atom is -0.365 e. The standard InChI is InChI=1S/C32H29F3N2O2/c1-38-32(25-6-9-27(33)10-7-25,26-8-11-29(34)30(35)18-26)24-4-2-22(3-5-24)20-37-16-13-31(14-17-37)28-19-36-15-12-23(28)21-39-31/h2-12,15,18-19H,13-14,16-17,20-21H2,1H3. The van der Waals surface area contributed by atoms with Crippen LogP contribution in [0.3, 0.4) is 0 Å². The summed E-state index contributed by atoms with van der Waals surface area (Å²) >= 11 is 0. The molecule has 3 heterocycles. The summed E-state index contributed by atoms with van der Waals surface area (Å²) in [5.41, 5.74) is 3.85. The topological polar surface area (TPSA) is 34.6 Å². The van der Waals surface area contributed by atoms with Crippen LogP contribution < -0.4 is 0 Å². The van der Waals surface area contributed by atoms with Gasteiger partial charge < -0.3 is 9.47 Å². The van der Waals surface area contributed by atoms with Gasteiger partial charge in [-0.05, 0) is 71.0 Å². The monoisotopic (exact) mass is 530 g/mol. The highest BCUT2D eigenvalue weighted by molar-refractivity contribution is 5.48. The zero-order chi connectivity index (χ0) is 27.0. The third-order valence-electron chi connectivity index (χ3n) is 8.22. The molecule has 200 valence electrons. The van der Waals surface area contributed by atoms with Crippen molar-refractivity contribution in [2.45, 2.75) is 37.2 Å². The Morgan fingerprint density at radius 2 is 1.54 bits per heavy atom. The first-order valence-electron chi connectivity index (χ1n) is 13.1. The van der Waals surface area contributed by atoms with Gasteiger partial charge in [0, 0.05) is 44.7 Å². The number of fused-ring (bicyclic) bond motifs is 2. The minimum absolute atomic E-state index is 0.235. The molecule has 1 fully saturated rings. The van der Waals surface area contributed by atoms with Crippen molar-refractivity contribution in [2.75, 3.05) is 20.2 Å². The first-order chi connectivity index (χ1) is 18.9. The largest absolute Gasteiger partial charge is 0.365 e. The van der Waals surface area contributed by atoms with E-state index in [1.807, 2.05) is 42.7 Å². The fourth-order valence-corrected chi connectivity index (χ4v) is 6.10. The highest BCUT2D eigenvalue weighted by atomic mass is 19.2. The zero-order valence-electron chi connectivity index (χ0n) is 21.7. The van der Waals surface area contributed by atoms with Crippen molar-refractivity contribution in [2.24, 2.45) is 0 Å². The normalized spacial score (nSPS) is 18.2. The maximum Gasteiger partial charge on any atom is 0.159 e. The van der Waals surface area contributed by atoms with E-state index in [9.17, 15) is 13.2 Å². The SMILES string of the molecule is COC(c1ccc(F)cc1)(c1ccc(CN2CCC3(CC2)OCc2ccncc23)cc1)c1ccc(F)c(F)c1. The molecule has 0 amide bonds. The number of aromatic nitrogens is 1. The summed E-state index contributed by atoms with van der Waals surface area (Å²) < 4.78 is 54.3. The van der Waals surface area contributed by atoms with Gasteiger partial charge in [-0.1, -0.05) is 42.5 Å². The zero-order valence-corrected chi connectivity index (χ0v) is 21.7. The summed E-state index contributed by atoms with van der Waals surface area (Å²) in [4.78, 5) is 6.74. The quantitative estimate of drug-likeness (QED) is 0.268. The number of methoxy groups -OCH3 is 1. The number of halogens is 3. The summed E-state index contributed by atoms with van der Waals surface area (Å²) in [7, 11) is 1.51. The number of hydrogen-bond donors (Lipinski definition) is 0. The van der Waals surface area contributed by atoms with Gasteiger partial charge in [0.1, 0.15) is 11.4 Å². The molecule has 39 heavy (non-hydrogen) atoms.